The molecule has 3 atom stereocenters. The monoisotopic (exact) mass is 446 g/mol. The molecular formula is C26H26N2O5. The van der Waals surface area contributed by atoms with Gasteiger partial charge in [0.05, 0.1) is 11.3 Å². The molecule has 0 aromatic heterocycles. The van der Waals surface area contributed by atoms with E-state index in [1.165, 1.54) is 11.1 Å². The van der Waals surface area contributed by atoms with E-state index in [1.807, 2.05) is 24.3 Å². The molecule has 2 aromatic carbocycles. The van der Waals surface area contributed by atoms with E-state index in [9.17, 15) is 19.5 Å². The number of fused-ring (bicyclic) bond motifs is 4. The number of likely N-dealkylation sites (tertiary alicyclic amines) is 1. The highest BCUT2D eigenvalue weighted by atomic mass is 16.5. The Hall–Kier alpha value is -3.35. The Bertz CT molecular complexity index is 1100. The number of nitrogens with one attached hydrogen (secondary N) is 1. The quantitative estimate of drug-likeness (QED) is 0.711. The second kappa shape index (κ2) is 7.33. The van der Waals surface area contributed by atoms with Gasteiger partial charge >= 0.3 is 12.1 Å². The fraction of sp³-hybridized carbons (Fsp3) is 0.423. The maximum atomic E-state index is 13.0. The Morgan fingerprint density at radius 2 is 1.55 bits per heavy atom. The number of alkyl carbamates (subject to hydrolysis) is 1. The molecule has 2 N–H and O–H groups in total. The molecular weight excluding hydrogens is 420 g/mol. The molecule has 7 heteroatoms. The molecule has 1 heterocycles. The number of piperidine rings is 1. The summed E-state index contributed by atoms with van der Waals surface area (Å²) < 4.78 is 5.59. The number of hydrogen-bond acceptors (Lipinski definition) is 4. The SMILES string of the molecule is O=C(NCC1(C(=O)N2C[C@@H]3C(C(=O)O)[C@@H]3C2)CC1)OCC1c2ccccc2-c2ccccc21. The van der Waals surface area contributed by atoms with E-state index < -0.39 is 17.5 Å². The highest BCUT2D eigenvalue weighted by Gasteiger charge is 2.63. The maximum Gasteiger partial charge on any atom is 0.407 e. The van der Waals surface area contributed by atoms with Gasteiger partial charge in [0.1, 0.15) is 6.61 Å². The van der Waals surface area contributed by atoms with Crippen molar-refractivity contribution in [2.24, 2.45) is 23.2 Å². The van der Waals surface area contributed by atoms with Gasteiger partial charge in [0.25, 0.3) is 0 Å². The van der Waals surface area contributed by atoms with Gasteiger partial charge < -0.3 is 20.1 Å². The second-order valence-corrected chi connectivity index (χ2v) is 9.86. The third-order valence-corrected chi connectivity index (χ3v) is 7.99. The van der Waals surface area contributed by atoms with Crippen molar-refractivity contribution in [3.8, 4) is 11.1 Å². The van der Waals surface area contributed by atoms with Crippen LogP contribution in [0.3, 0.4) is 0 Å². The van der Waals surface area contributed by atoms with Gasteiger partial charge in [-0.2, -0.15) is 0 Å². The van der Waals surface area contributed by atoms with Crippen LogP contribution in [0.2, 0.25) is 0 Å². The average Bonchev–Trinajstić information content (AvgIpc) is 3.69. The summed E-state index contributed by atoms with van der Waals surface area (Å²) in [6.45, 7) is 1.55. The first-order valence-corrected chi connectivity index (χ1v) is 11.6. The van der Waals surface area contributed by atoms with Crippen LogP contribution < -0.4 is 5.32 Å². The number of amides is 2. The minimum atomic E-state index is -0.754. The summed E-state index contributed by atoms with van der Waals surface area (Å²) in [6.07, 6.45) is 0.971. The van der Waals surface area contributed by atoms with E-state index in [0.717, 1.165) is 24.0 Å². The molecule has 7 nitrogen and oxygen atoms in total. The topological polar surface area (TPSA) is 95.9 Å². The first kappa shape index (κ1) is 20.3. The average molecular weight is 447 g/mol. The number of carbonyl (C=O) groups excluding carboxylic acids is 2. The lowest BCUT2D eigenvalue weighted by Crippen LogP contribution is -2.43. The minimum absolute atomic E-state index is 0.00169. The van der Waals surface area contributed by atoms with Gasteiger partial charge in [-0.15, -0.1) is 0 Å². The Morgan fingerprint density at radius 3 is 2.09 bits per heavy atom. The molecule has 1 aliphatic heterocycles. The number of hydrogen-bond donors (Lipinski definition) is 2. The van der Waals surface area contributed by atoms with Gasteiger partial charge in [-0.3, -0.25) is 9.59 Å². The first-order valence-electron chi connectivity index (χ1n) is 11.6. The zero-order valence-electron chi connectivity index (χ0n) is 18.2. The maximum absolute atomic E-state index is 13.0. The summed E-state index contributed by atoms with van der Waals surface area (Å²) in [5.74, 6) is -0.816. The van der Waals surface area contributed by atoms with Crippen molar-refractivity contribution in [2.75, 3.05) is 26.2 Å². The van der Waals surface area contributed by atoms with E-state index in [4.69, 9.17) is 4.74 Å². The van der Waals surface area contributed by atoms with Crippen molar-refractivity contribution in [1.29, 1.82) is 0 Å². The highest BCUT2D eigenvalue weighted by Crippen LogP contribution is 2.54. The second-order valence-electron chi connectivity index (χ2n) is 9.86. The molecule has 2 saturated carbocycles. The van der Waals surface area contributed by atoms with Gasteiger partial charge in [-0.05, 0) is 46.9 Å². The Kier molecular flexibility index (Phi) is 4.50. The number of ether oxygens (including phenoxy) is 1. The number of nitrogens with zero attached hydrogens (tertiary/aromatic N) is 1. The molecule has 33 heavy (non-hydrogen) atoms. The summed E-state index contributed by atoms with van der Waals surface area (Å²) in [6, 6.07) is 16.4. The Balaban J connectivity index is 1.04. The number of rotatable bonds is 6. The van der Waals surface area contributed by atoms with Crippen molar-refractivity contribution in [1.82, 2.24) is 10.2 Å². The predicted molar refractivity (Wildman–Crippen MR) is 119 cm³/mol. The van der Waals surface area contributed by atoms with Crippen LogP contribution in [0.1, 0.15) is 29.9 Å². The van der Waals surface area contributed by atoms with Crippen molar-refractivity contribution >= 4 is 18.0 Å². The fourth-order valence-corrected chi connectivity index (χ4v) is 5.90. The number of carboxylic acids is 1. The van der Waals surface area contributed by atoms with Gasteiger partial charge in [0.2, 0.25) is 5.91 Å². The summed E-state index contributed by atoms with van der Waals surface area (Å²) in [4.78, 5) is 38.5. The molecule has 3 fully saturated rings. The molecule has 6 rings (SSSR count). The number of aliphatic carboxylic acids is 1. The lowest BCUT2D eigenvalue weighted by molar-refractivity contribution is -0.142. The van der Waals surface area contributed by atoms with E-state index in [2.05, 4.69) is 29.6 Å². The van der Waals surface area contributed by atoms with Crippen LogP contribution in [0.15, 0.2) is 48.5 Å². The van der Waals surface area contributed by atoms with Gasteiger partial charge in [-0.25, -0.2) is 4.79 Å². The summed E-state index contributed by atoms with van der Waals surface area (Å²) in [5.41, 5.74) is 4.12. The normalized spacial score (nSPS) is 25.6. The number of carboxylic acid groups (broad SMARTS) is 1. The molecule has 3 aliphatic carbocycles. The van der Waals surface area contributed by atoms with Crippen LogP contribution in [0.4, 0.5) is 4.79 Å². The Morgan fingerprint density at radius 1 is 0.970 bits per heavy atom. The van der Waals surface area contributed by atoms with Crippen LogP contribution in [-0.4, -0.2) is 54.2 Å². The van der Waals surface area contributed by atoms with Crippen LogP contribution in [0.5, 0.6) is 0 Å². The van der Waals surface area contributed by atoms with E-state index in [-0.39, 0.29) is 42.7 Å². The largest absolute Gasteiger partial charge is 0.481 e. The van der Waals surface area contributed by atoms with Crippen molar-refractivity contribution in [2.45, 2.75) is 18.8 Å². The molecule has 0 spiro atoms. The summed E-state index contributed by atoms with van der Waals surface area (Å²) in [5, 5.41) is 12.0. The van der Waals surface area contributed by atoms with Crippen LogP contribution in [-0.2, 0) is 14.3 Å². The van der Waals surface area contributed by atoms with Crippen molar-refractivity contribution < 1.29 is 24.2 Å². The third-order valence-electron chi connectivity index (χ3n) is 7.99. The van der Waals surface area contributed by atoms with Crippen LogP contribution in [0.25, 0.3) is 11.1 Å². The van der Waals surface area contributed by atoms with Gasteiger partial charge in [0, 0.05) is 25.6 Å². The first-order chi connectivity index (χ1) is 16.0. The molecule has 2 amide bonds. The molecule has 1 saturated heterocycles. The zero-order valence-corrected chi connectivity index (χ0v) is 18.2. The van der Waals surface area contributed by atoms with Crippen molar-refractivity contribution in [3.63, 3.8) is 0 Å². The van der Waals surface area contributed by atoms with Crippen LogP contribution in [0, 0.1) is 23.2 Å². The van der Waals surface area contributed by atoms with E-state index in [0.29, 0.717) is 13.1 Å². The van der Waals surface area contributed by atoms with Crippen molar-refractivity contribution in [3.05, 3.63) is 59.7 Å². The minimum Gasteiger partial charge on any atom is -0.481 e. The fourth-order valence-electron chi connectivity index (χ4n) is 5.90. The molecule has 1 unspecified atom stereocenters. The third kappa shape index (κ3) is 3.29. The standard InChI is InChI=1S/C26H26N2O5/c29-23(30)22-19-11-28(12-20(19)22)24(31)26(9-10-26)14-27-25(32)33-13-21-17-7-3-1-5-15(17)16-6-2-4-8-18(16)21/h1-8,19-22H,9-14H2,(H,27,32)(H,29,30)/t19-,20+,22?. The molecule has 2 aromatic rings. The number of carbonyl (C=O) groups is 3. The highest BCUT2D eigenvalue weighted by molar-refractivity contribution is 5.87. The van der Waals surface area contributed by atoms with Gasteiger partial charge in [0.15, 0.2) is 0 Å². The molecule has 0 radical (unpaired) electrons. The van der Waals surface area contributed by atoms with Crippen LogP contribution >= 0.6 is 0 Å². The number of benzene rings is 2. The lowest BCUT2D eigenvalue weighted by Gasteiger charge is -2.25. The van der Waals surface area contributed by atoms with E-state index >= 15 is 0 Å². The summed E-state index contributed by atoms with van der Waals surface area (Å²) in [7, 11) is 0. The molecule has 0 bridgehead atoms. The molecule has 4 aliphatic rings. The van der Waals surface area contributed by atoms with Gasteiger partial charge in [-0.1, -0.05) is 48.5 Å². The van der Waals surface area contributed by atoms with E-state index in [1.54, 1.807) is 4.90 Å². The summed E-state index contributed by atoms with van der Waals surface area (Å²) >= 11 is 0. The molecule has 170 valence electrons. The lowest BCUT2D eigenvalue weighted by atomic mass is 9.98. The zero-order chi connectivity index (χ0) is 22.7. The smallest absolute Gasteiger partial charge is 0.407 e. The Labute approximate surface area is 191 Å². The predicted octanol–water partition coefficient (Wildman–Crippen LogP) is 3.09.